The summed E-state index contributed by atoms with van der Waals surface area (Å²) in [6, 6.07) is 7.58. The first kappa shape index (κ1) is 11.8. The standard InChI is InChI=1S/C17H18N2O2/c1-16-7-6-10-8-12(16)15(21)19-14(20)11-4-2-3-5-13(11)18-17(10,19)9-16/h2-5,10,12,18H,6-9H2,1H3/t10?,12?,16?,17-/m1/s1. The van der Waals surface area contributed by atoms with Crippen molar-refractivity contribution in [1.82, 2.24) is 4.90 Å². The maximum absolute atomic E-state index is 12.9. The number of anilines is 1. The van der Waals surface area contributed by atoms with Crippen molar-refractivity contribution in [2.75, 3.05) is 5.32 Å². The normalized spacial score (nSPS) is 42.6. The molecule has 3 heterocycles. The third-order valence-electron chi connectivity index (χ3n) is 6.40. The molecule has 3 saturated carbocycles. The van der Waals surface area contributed by atoms with Gasteiger partial charge < -0.3 is 5.32 Å². The lowest BCUT2D eigenvalue weighted by atomic mass is 9.48. The van der Waals surface area contributed by atoms with E-state index in [0.717, 1.165) is 31.4 Å². The van der Waals surface area contributed by atoms with E-state index in [1.165, 1.54) is 0 Å². The molecule has 1 N–H and O–H groups in total. The third kappa shape index (κ3) is 1.15. The largest absolute Gasteiger partial charge is 0.361 e. The number of amides is 2. The molecule has 3 unspecified atom stereocenters. The lowest BCUT2D eigenvalue weighted by Crippen LogP contribution is -2.78. The van der Waals surface area contributed by atoms with E-state index in [0.29, 0.717) is 11.5 Å². The summed E-state index contributed by atoms with van der Waals surface area (Å²) >= 11 is 0. The Bertz CT molecular complexity index is 700. The number of nitrogens with zero attached hydrogens (tertiary/aromatic N) is 1. The van der Waals surface area contributed by atoms with Crippen molar-refractivity contribution >= 4 is 17.5 Å². The molecule has 4 heteroatoms. The number of carbonyl (C=O) groups excluding carboxylic acids is 2. The molecule has 1 spiro atoms. The van der Waals surface area contributed by atoms with Crippen LogP contribution in [-0.4, -0.2) is 22.4 Å². The Morgan fingerprint density at radius 2 is 2.10 bits per heavy atom. The lowest BCUT2D eigenvalue weighted by Gasteiger charge is -2.68. The van der Waals surface area contributed by atoms with Crippen molar-refractivity contribution in [3.8, 4) is 0 Å². The molecule has 7 rings (SSSR count). The topological polar surface area (TPSA) is 49.4 Å². The van der Waals surface area contributed by atoms with Crippen LogP contribution in [0.15, 0.2) is 24.3 Å². The highest BCUT2D eigenvalue weighted by molar-refractivity contribution is 6.12. The maximum Gasteiger partial charge on any atom is 0.264 e. The minimum atomic E-state index is -0.468. The van der Waals surface area contributed by atoms with E-state index in [2.05, 4.69) is 12.2 Å². The van der Waals surface area contributed by atoms with Gasteiger partial charge in [-0.3, -0.25) is 14.5 Å². The molecule has 108 valence electrons. The quantitative estimate of drug-likeness (QED) is 0.744. The van der Waals surface area contributed by atoms with Crippen LogP contribution in [0.2, 0.25) is 0 Å². The van der Waals surface area contributed by atoms with Crippen LogP contribution in [0, 0.1) is 17.3 Å². The van der Waals surface area contributed by atoms with Gasteiger partial charge in [0.25, 0.3) is 5.91 Å². The van der Waals surface area contributed by atoms with Gasteiger partial charge in [-0.2, -0.15) is 0 Å². The van der Waals surface area contributed by atoms with Crippen LogP contribution < -0.4 is 5.32 Å². The van der Waals surface area contributed by atoms with Crippen LogP contribution in [-0.2, 0) is 4.79 Å². The molecule has 0 radical (unpaired) electrons. The fourth-order valence-electron chi connectivity index (χ4n) is 5.40. The van der Waals surface area contributed by atoms with E-state index in [4.69, 9.17) is 0 Å². The van der Waals surface area contributed by atoms with Gasteiger partial charge in [0, 0.05) is 17.5 Å². The molecule has 3 aliphatic carbocycles. The molecule has 2 amide bonds. The van der Waals surface area contributed by atoms with E-state index in [9.17, 15) is 9.59 Å². The summed E-state index contributed by atoms with van der Waals surface area (Å²) in [4.78, 5) is 27.4. The summed E-state index contributed by atoms with van der Waals surface area (Å²) in [5, 5.41) is 3.60. The molecule has 0 aromatic heterocycles. The molecule has 3 aliphatic heterocycles. The number of carbonyl (C=O) groups is 2. The molecule has 2 saturated heterocycles. The number of rotatable bonds is 0. The van der Waals surface area contributed by atoms with Gasteiger partial charge in [-0.25, -0.2) is 0 Å². The predicted molar refractivity (Wildman–Crippen MR) is 77.5 cm³/mol. The Balaban J connectivity index is 1.75. The Morgan fingerprint density at radius 3 is 2.90 bits per heavy atom. The molecular weight excluding hydrogens is 264 g/mol. The van der Waals surface area contributed by atoms with Crippen molar-refractivity contribution in [2.24, 2.45) is 17.3 Å². The molecule has 1 aromatic rings. The fourth-order valence-corrected chi connectivity index (χ4v) is 5.40. The van der Waals surface area contributed by atoms with E-state index in [1.54, 1.807) is 4.90 Å². The zero-order valence-corrected chi connectivity index (χ0v) is 12.1. The number of para-hydroxylation sites is 1. The highest BCUT2D eigenvalue weighted by Crippen LogP contribution is 2.64. The Hall–Kier alpha value is -1.84. The van der Waals surface area contributed by atoms with E-state index < -0.39 is 5.66 Å². The first-order valence-electron chi connectivity index (χ1n) is 7.81. The maximum atomic E-state index is 12.9. The van der Waals surface area contributed by atoms with Gasteiger partial charge in [0.15, 0.2) is 0 Å². The second-order valence-electron chi connectivity index (χ2n) is 7.43. The van der Waals surface area contributed by atoms with Crippen LogP contribution in [0.4, 0.5) is 5.69 Å². The number of piperidine rings is 2. The van der Waals surface area contributed by atoms with Gasteiger partial charge in [0.2, 0.25) is 5.91 Å². The fraction of sp³-hybridized carbons (Fsp3) is 0.529. The molecule has 5 fully saturated rings. The molecule has 4 nitrogen and oxygen atoms in total. The van der Waals surface area contributed by atoms with Gasteiger partial charge in [-0.15, -0.1) is 0 Å². The number of hydrogen-bond acceptors (Lipinski definition) is 3. The van der Waals surface area contributed by atoms with Gasteiger partial charge in [-0.05, 0) is 43.2 Å². The van der Waals surface area contributed by atoms with Crippen molar-refractivity contribution in [2.45, 2.75) is 38.3 Å². The van der Waals surface area contributed by atoms with Crippen LogP contribution in [0.3, 0.4) is 0 Å². The second kappa shape index (κ2) is 3.32. The van der Waals surface area contributed by atoms with Crippen molar-refractivity contribution in [3.05, 3.63) is 29.8 Å². The van der Waals surface area contributed by atoms with Gasteiger partial charge in [-0.1, -0.05) is 19.1 Å². The number of fused-ring (bicyclic) bond motifs is 2. The minimum Gasteiger partial charge on any atom is -0.361 e. The van der Waals surface area contributed by atoms with Gasteiger partial charge in [0.05, 0.1) is 5.56 Å². The third-order valence-corrected chi connectivity index (χ3v) is 6.40. The van der Waals surface area contributed by atoms with Crippen molar-refractivity contribution in [3.63, 3.8) is 0 Å². The molecule has 21 heavy (non-hydrogen) atoms. The van der Waals surface area contributed by atoms with Crippen LogP contribution in [0.5, 0.6) is 0 Å². The number of imide groups is 1. The average Bonchev–Trinajstić information content (AvgIpc) is 2.46. The smallest absolute Gasteiger partial charge is 0.264 e. The minimum absolute atomic E-state index is 0.0362. The van der Waals surface area contributed by atoms with Crippen LogP contribution in [0.25, 0.3) is 0 Å². The van der Waals surface area contributed by atoms with E-state index in [1.807, 2.05) is 24.3 Å². The summed E-state index contributed by atoms with van der Waals surface area (Å²) in [5.74, 6) is 0.383. The number of hydrogen-bond donors (Lipinski definition) is 1. The molecule has 4 atom stereocenters. The highest BCUT2D eigenvalue weighted by Gasteiger charge is 2.69. The van der Waals surface area contributed by atoms with Crippen LogP contribution in [0.1, 0.15) is 43.0 Å². The Morgan fingerprint density at radius 1 is 1.29 bits per heavy atom. The van der Waals surface area contributed by atoms with E-state index in [-0.39, 0.29) is 23.1 Å². The van der Waals surface area contributed by atoms with Gasteiger partial charge in [0.1, 0.15) is 5.66 Å². The summed E-state index contributed by atoms with van der Waals surface area (Å²) in [5.41, 5.74) is 1.11. The SMILES string of the molecule is CC12CCC3CC1C(=O)N1C(=O)c4ccccc4N[C@@]31C2. The first-order valence-corrected chi connectivity index (χ1v) is 7.81. The summed E-state index contributed by atoms with van der Waals surface area (Å²) in [6.45, 7) is 2.23. The monoisotopic (exact) mass is 282 g/mol. The van der Waals surface area contributed by atoms with Crippen molar-refractivity contribution < 1.29 is 9.59 Å². The lowest BCUT2D eigenvalue weighted by molar-refractivity contribution is -0.185. The molecule has 6 aliphatic rings. The summed E-state index contributed by atoms with van der Waals surface area (Å²) in [7, 11) is 0. The molecular formula is C17H18N2O2. The highest BCUT2D eigenvalue weighted by atomic mass is 16.2. The predicted octanol–water partition coefficient (Wildman–Crippen LogP) is 2.62. The average molecular weight is 282 g/mol. The Kier molecular flexibility index (Phi) is 1.86. The van der Waals surface area contributed by atoms with Crippen LogP contribution >= 0.6 is 0 Å². The number of nitrogens with one attached hydrogen (secondary N) is 1. The Labute approximate surface area is 123 Å². The zero-order chi connectivity index (χ0) is 14.4. The van der Waals surface area contributed by atoms with Crippen molar-refractivity contribution in [1.29, 1.82) is 0 Å². The number of benzene rings is 1. The first-order chi connectivity index (χ1) is 10.1. The zero-order valence-electron chi connectivity index (χ0n) is 12.1. The van der Waals surface area contributed by atoms with E-state index >= 15 is 0 Å². The van der Waals surface area contributed by atoms with Gasteiger partial charge >= 0.3 is 0 Å². The molecule has 1 aromatic carbocycles. The molecule has 4 bridgehead atoms. The second-order valence-corrected chi connectivity index (χ2v) is 7.43. The summed E-state index contributed by atoms with van der Waals surface area (Å²) < 4.78 is 0. The summed E-state index contributed by atoms with van der Waals surface area (Å²) in [6.07, 6.45) is 4.07.